The molecule has 2 aromatic carbocycles. The second-order valence-electron chi connectivity index (χ2n) is 3.01. The molecule has 0 aliphatic heterocycles. The first kappa shape index (κ1) is 9.34. The van der Waals surface area contributed by atoms with Crippen LogP contribution in [0.15, 0.2) is 35.2 Å². The minimum atomic E-state index is -0.251. The smallest absolute Gasteiger partial charge is 0.123 e. The molecule has 0 bridgehead atoms. The number of hydrogen-bond acceptors (Lipinski definition) is 2. The van der Waals surface area contributed by atoms with Gasteiger partial charge in [-0.2, -0.15) is 0 Å². The van der Waals surface area contributed by atoms with Crippen molar-refractivity contribution >= 4 is 22.5 Å². The Kier molecular flexibility index (Phi) is 2.33. The number of halogens is 1. The van der Waals surface area contributed by atoms with Crippen LogP contribution in [0.3, 0.4) is 0 Å². The van der Waals surface area contributed by atoms with Gasteiger partial charge in [-0.15, -0.1) is 11.8 Å². The lowest BCUT2D eigenvalue weighted by Gasteiger charge is -2.04. The van der Waals surface area contributed by atoms with E-state index in [1.54, 1.807) is 18.2 Å². The monoisotopic (exact) mass is 208 g/mol. The summed E-state index contributed by atoms with van der Waals surface area (Å²) >= 11 is 1.49. The lowest BCUT2D eigenvalue weighted by Crippen LogP contribution is -1.80. The lowest BCUT2D eigenvalue weighted by atomic mass is 10.1. The molecule has 72 valence electrons. The van der Waals surface area contributed by atoms with Crippen molar-refractivity contribution in [3.05, 3.63) is 36.1 Å². The summed E-state index contributed by atoms with van der Waals surface area (Å²) in [5.74, 6) is -0.0352. The molecule has 0 aliphatic carbocycles. The number of thioether (sulfide) groups is 1. The molecular formula is C11H9FOS. The van der Waals surface area contributed by atoms with Crippen molar-refractivity contribution in [2.45, 2.75) is 4.90 Å². The van der Waals surface area contributed by atoms with E-state index >= 15 is 0 Å². The molecule has 0 radical (unpaired) electrons. The van der Waals surface area contributed by atoms with Crippen LogP contribution in [0, 0.1) is 5.82 Å². The number of hydrogen-bond donors (Lipinski definition) is 1. The van der Waals surface area contributed by atoms with Crippen LogP contribution in [-0.4, -0.2) is 11.4 Å². The molecule has 14 heavy (non-hydrogen) atoms. The number of fused-ring (bicyclic) bond motifs is 1. The topological polar surface area (TPSA) is 20.2 Å². The van der Waals surface area contributed by atoms with Crippen LogP contribution in [0.1, 0.15) is 0 Å². The predicted molar refractivity (Wildman–Crippen MR) is 57.4 cm³/mol. The summed E-state index contributed by atoms with van der Waals surface area (Å²) in [6.07, 6.45) is 1.90. The Bertz CT molecular complexity index is 482. The molecular weight excluding hydrogens is 199 g/mol. The highest BCUT2D eigenvalue weighted by molar-refractivity contribution is 7.98. The maximum atomic E-state index is 13.0. The van der Waals surface area contributed by atoms with Crippen molar-refractivity contribution in [1.82, 2.24) is 0 Å². The number of rotatable bonds is 1. The molecule has 0 saturated heterocycles. The maximum absolute atomic E-state index is 13.0. The van der Waals surface area contributed by atoms with E-state index in [9.17, 15) is 9.50 Å². The molecule has 0 spiro atoms. The first-order valence-corrected chi connectivity index (χ1v) is 5.39. The molecule has 0 atom stereocenters. The van der Waals surface area contributed by atoms with E-state index in [2.05, 4.69) is 0 Å². The lowest BCUT2D eigenvalue weighted by molar-refractivity contribution is 0.475. The highest BCUT2D eigenvalue weighted by Crippen LogP contribution is 2.31. The van der Waals surface area contributed by atoms with E-state index in [4.69, 9.17) is 0 Å². The van der Waals surface area contributed by atoms with E-state index in [1.807, 2.05) is 6.26 Å². The van der Waals surface area contributed by atoms with Crippen LogP contribution in [0.5, 0.6) is 5.75 Å². The minimum absolute atomic E-state index is 0.216. The minimum Gasteiger partial charge on any atom is -0.508 e. The van der Waals surface area contributed by atoms with Gasteiger partial charge in [0.05, 0.1) is 0 Å². The van der Waals surface area contributed by atoms with Crippen molar-refractivity contribution in [3.63, 3.8) is 0 Å². The van der Waals surface area contributed by atoms with Crippen molar-refractivity contribution in [2.75, 3.05) is 6.26 Å². The Balaban J connectivity index is 2.81. The molecule has 2 aromatic rings. The second-order valence-corrected chi connectivity index (χ2v) is 3.86. The van der Waals surface area contributed by atoms with Crippen LogP contribution in [-0.2, 0) is 0 Å². The van der Waals surface area contributed by atoms with Gasteiger partial charge in [0.15, 0.2) is 0 Å². The maximum Gasteiger partial charge on any atom is 0.123 e. The number of aromatic hydroxyl groups is 1. The molecule has 1 nitrogen and oxygen atoms in total. The molecule has 2 rings (SSSR count). The fraction of sp³-hybridized carbons (Fsp3) is 0.0909. The molecule has 0 aliphatic rings. The van der Waals surface area contributed by atoms with E-state index in [0.29, 0.717) is 0 Å². The van der Waals surface area contributed by atoms with E-state index in [0.717, 1.165) is 15.7 Å². The molecule has 1 N–H and O–H groups in total. The van der Waals surface area contributed by atoms with Gasteiger partial charge in [-0.3, -0.25) is 0 Å². The third-order valence-electron chi connectivity index (χ3n) is 2.08. The van der Waals surface area contributed by atoms with Crippen molar-refractivity contribution < 1.29 is 9.50 Å². The SMILES string of the molecule is CSc1cc(O)cc2ccc(F)cc12. The van der Waals surface area contributed by atoms with Crippen LogP contribution in [0.4, 0.5) is 4.39 Å². The van der Waals surface area contributed by atoms with E-state index in [1.165, 1.54) is 23.9 Å². The first-order chi connectivity index (χ1) is 6.70. The standard InChI is InChI=1S/C11H9FOS/c1-14-11-6-9(13)4-7-2-3-8(12)5-10(7)11/h2-6,13H,1H3. The molecule has 0 fully saturated rings. The highest BCUT2D eigenvalue weighted by atomic mass is 32.2. The van der Waals surface area contributed by atoms with Gasteiger partial charge in [0.1, 0.15) is 11.6 Å². The van der Waals surface area contributed by atoms with Crippen LogP contribution in [0.25, 0.3) is 10.8 Å². The number of phenolic OH excluding ortho intramolecular Hbond substituents is 1. The van der Waals surface area contributed by atoms with E-state index in [-0.39, 0.29) is 11.6 Å². The highest BCUT2D eigenvalue weighted by Gasteiger charge is 2.03. The first-order valence-electron chi connectivity index (χ1n) is 4.17. The normalized spacial score (nSPS) is 10.7. The van der Waals surface area contributed by atoms with Crippen molar-refractivity contribution in [1.29, 1.82) is 0 Å². The Hall–Kier alpha value is -1.22. The van der Waals surface area contributed by atoms with Crippen molar-refractivity contribution in [3.8, 4) is 5.75 Å². The summed E-state index contributed by atoms with van der Waals surface area (Å²) in [5.41, 5.74) is 0. The third kappa shape index (κ3) is 1.55. The Morgan fingerprint density at radius 3 is 2.71 bits per heavy atom. The quantitative estimate of drug-likeness (QED) is 0.725. The van der Waals surface area contributed by atoms with Gasteiger partial charge in [0.2, 0.25) is 0 Å². The second kappa shape index (κ2) is 3.50. The summed E-state index contributed by atoms with van der Waals surface area (Å²) in [6, 6.07) is 7.83. The molecule has 0 heterocycles. The molecule has 0 amide bonds. The summed E-state index contributed by atoms with van der Waals surface area (Å²) in [7, 11) is 0. The van der Waals surface area contributed by atoms with Crippen LogP contribution >= 0.6 is 11.8 Å². The van der Waals surface area contributed by atoms with Crippen molar-refractivity contribution in [2.24, 2.45) is 0 Å². The predicted octanol–water partition coefficient (Wildman–Crippen LogP) is 3.41. The Morgan fingerprint density at radius 2 is 2.00 bits per heavy atom. The van der Waals surface area contributed by atoms with Gasteiger partial charge < -0.3 is 5.11 Å². The Labute approximate surface area is 85.6 Å². The summed E-state index contributed by atoms with van der Waals surface area (Å²) in [5, 5.41) is 11.1. The van der Waals surface area contributed by atoms with Gasteiger partial charge in [0.25, 0.3) is 0 Å². The van der Waals surface area contributed by atoms with Gasteiger partial charge in [-0.05, 0) is 41.3 Å². The van der Waals surface area contributed by atoms with Crippen LogP contribution in [0.2, 0.25) is 0 Å². The van der Waals surface area contributed by atoms with Gasteiger partial charge in [-0.25, -0.2) is 4.39 Å². The summed E-state index contributed by atoms with van der Waals surface area (Å²) in [6.45, 7) is 0. The fourth-order valence-electron chi connectivity index (χ4n) is 1.45. The number of phenols is 1. The summed E-state index contributed by atoms with van der Waals surface area (Å²) in [4.78, 5) is 0.888. The van der Waals surface area contributed by atoms with Gasteiger partial charge in [-0.1, -0.05) is 6.07 Å². The number of benzene rings is 2. The zero-order chi connectivity index (χ0) is 10.1. The third-order valence-corrected chi connectivity index (χ3v) is 2.86. The zero-order valence-electron chi connectivity index (χ0n) is 7.62. The zero-order valence-corrected chi connectivity index (χ0v) is 8.44. The molecule has 0 unspecified atom stereocenters. The van der Waals surface area contributed by atoms with Gasteiger partial charge in [0, 0.05) is 4.90 Å². The average molecular weight is 208 g/mol. The molecule has 3 heteroatoms. The fourth-order valence-corrected chi connectivity index (χ4v) is 2.08. The van der Waals surface area contributed by atoms with Crippen LogP contribution < -0.4 is 0 Å². The summed E-state index contributed by atoms with van der Waals surface area (Å²) < 4.78 is 13.0. The van der Waals surface area contributed by atoms with E-state index < -0.39 is 0 Å². The molecule has 0 aromatic heterocycles. The largest absolute Gasteiger partial charge is 0.508 e. The Morgan fingerprint density at radius 1 is 1.21 bits per heavy atom. The van der Waals surface area contributed by atoms with Gasteiger partial charge >= 0.3 is 0 Å². The molecule has 0 saturated carbocycles. The average Bonchev–Trinajstić information content (AvgIpc) is 2.17.